The lowest BCUT2D eigenvalue weighted by atomic mass is 10.2. The first kappa shape index (κ1) is 18.1. The van der Waals surface area contributed by atoms with E-state index in [0.29, 0.717) is 16.4 Å². The number of thiophene rings is 1. The molecule has 1 N–H and O–H groups in total. The minimum atomic E-state index is -0.467. The number of amides is 1. The zero-order valence-electron chi connectivity index (χ0n) is 14.0. The van der Waals surface area contributed by atoms with Crippen LogP contribution in [0.4, 0.5) is 11.4 Å². The zero-order chi connectivity index (χ0) is 18.7. The Kier molecular flexibility index (Phi) is 5.33. The van der Waals surface area contributed by atoms with Crippen molar-refractivity contribution in [1.82, 2.24) is 14.8 Å². The molecule has 0 radical (unpaired) electrons. The molecule has 10 heteroatoms. The molecule has 0 saturated heterocycles. The Bertz CT molecular complexity index is 953. The molecule has 0 aliphatic carbocycles. The van der Waals surface area contributed by atoms with E-state index in [1.54, 1.807) is 30.4 Å². The third-order valence-corrected chi connectivity index (χ3v) is 5.48. The number of aryl methyl sites for hydroxylation is 1. The average Bonchev–Trinajstić information content (AvgIpc) is 3.24. The number of hydrogen-bond donors (Lipinski definition) is 1. The van der Waals surface area contributed by atoms with Crippen LogP contribution in [-0.2, 0) is 11.8 Å². The molecule has 0 bridgehead atoms. The van der Waals surface area contributed by atoms with Crippen LogP contribution >= 0.6 is 23.1 Å². The quantitative estimate of drug-likeness (QED) is 0.393. The molecule has 3 rings (SSSR count). The predicted octanol–water partition coefficient (Wildman–Crippen LogP) is 3.49. The van der Waals surface area contributed by atoms with Crippen molar-refractivity contribution in [2.24, 2.45) is 7.05 Å². The van der Waals surface area contributed by atoms with Gasteiger partial charge in [-0.1, -0.05) is 23.9 Å². The molecule has 0 aliphatic rings. The normalized spacial score (nSPS) is 10.7. The fourth-order valence-electron chi connectivity index (χ4n) is 2.27. The van der Waals surface area contributed by atoms with Crippen molar-refractivity contribution in [3.05, 3.63) is 51.4 Å². The van der Waals surface area contributed by atoms with E-state index >= 15 is 0 Å². The smallest absolute Gasteiger partial charge is 0.274 e. The van der Waals surface area contributed by atoms with E-state index in [-0.39, 0.29) is 17.3 Å². The third-order valence-electron chi connectivity index (χ3n) is 3.60. The summed E-state index contributed by atoms with van der Waals surface area (Å²) in [5.74, 6) is 0.601. The van der Waals surface area contributed by atoms with Gasteiger partial charge < -0.3 is 9.88 Å². The third kappa shape index (κ3) is 3.92. The van der Waals surface area contributed by atoms with Crippen LogP contribution in [0.1, 0.15) is 5.56 Å². The minimum absolute atomic E-state index is 0.0238. The largest absolute Gasteiger partial charge is 0.325 e. The van der Waals surface area contributed by atoms with E-state index in [4.69, 9.17) is 0 Å². The van der Waals surface area contributed by atoms with Gasteiger partial charge in [0.2, 0.25) is 5.91 Å². The lowest BCUT2D eigenvalue weighted by molar-refractivity contribution is -0.385. The van der Waals surface area contributed by atoms with Crippen LogP contribution < -0.4 is 5.32 Å². The summed E-state index contributed by atoms with van der Waals surface area (Å²) in [6.07, 6.45) is 0. The summed E-state index contributed by atoms with van der Waals surface area (Å²) in [6.45, 7) is 1.65. The number of anilines is 1. The van der Waals surface area contributed by atoms with E-state index in [0.717, 1.165) is 10.7 Å². The molecular formula is C16H15N5O3S2. The molecule has 0 saturated carbocycles. The molecule has 3 aromatic rings. The maximum absolute atomic E-state index is 12.1. The zero-order valence-corrected chi connectivity index (χ0v) is 15.6. The van der Waals surface area contributed by atoms with Crippen LogP contribution in [0, 0.1) is 17.0 Å². The Morgan fingerprint density at radius 2 is 2.19 bits per heavy atom. The highest BCUT2D eigenvalue weighted by atomic mass is 32.2. The van der Waals surface area contributed by atoms with Crippen molar-refractivity contribution >= 4 is 40.4 Å². The van der Waals surface area contributed by atoms with E-state index in [1.165, 1.54) is 17.8 Å². The molecule has 8 nitrogen and oxygen atoms in total. The van der Waals surface area contributed by atoms with Crippen LogP contribution in [0.15, 0.2) is 40.9 Å². The van der Waals surface area contributed by atoms with Crippen molar-refractivity contribution in [3.63, 3.8) is 0 Å². The molecular weight excluding hydrogens is 374 g/mol. The van der Waals surface area contributed by atoms with Gasteiger partial charge in [-0.3, -0.25) is 14.9 Å². The second kappa shape index (κ2) is 7.67. The van der Waals surface area contributed by atoms with Gasteiger partial charge in [0.1, 0.15) is 0 Å². The summed E-state index contributed by atoms with van der Waals surface area (Å²) >= 11 is 2.82. The Labute approximate surface area is 157 Å². The van der Waals surface area contributed by atoms with Gasteiger partial charge >= 0.3 is 0 Å². The number of thioether (sulfide) groups is 1. The van der Waals surface area contributed by atoms with Gasteiger partial charge in [-0.15, -0.1) is 21.5 Å². The highest BCUT2D eigenvalue weighted by Gasteiger charge is 2.15. The van der Waals surface area contributed by atoms with Gasteiger partial charge in [0, 0.05) is 24.4 Å². The van der Waals surface area contributed by atoms with Crippen LogP contribution in [0.25, 0.3) is 10.7 Å². The molecule has 1 amide bonds. The van der Waals surface area contributed by atoms with Gasteiger partial charge in [0.05, 0.1) is 15.6 Å². The molecule has 2 aromatic heterocycles. The van der Waals surface area contributed by atoms with Crippen LogP contribution in [0.5, 0.6) is 0 Å². The van der Waals surface area contributed by atoms with Crippen molar-refractivity contribution < 1.29 is 9.72 Å². The molecule has 1 aromatic carbocycles. The van der Waals surface area contributed by atoms with Crippen LogP contribution in [0.3, 0.4) is 0 Å². The van der Waals surface area contributed by atoms with Crippen molar-refractivity contribution in [3.8, 4) is 10.7 Å². The van der Waals surface area contributed by atoms with Crippen LogP contribution in [0.2, 0.25) is 0 Å². The number of carbonyl (C=O) groups is 1. The highest BCUT2D eigenvalue weighted by Crippen LogP contribution is 2.26. The van der Waals surface area contributed by atoms with E-state index in [9.17, 15) is 14.9 Å². The lowest BCUT2D eigenvalue weighted by Gasteiger charge is -2.06. The van der Waals surface area contributed by atoms with Gasteiger partial charge in [0.15, 0.2) is 11.0 Å². The SMILES string of the molecule is Cc1ccc(NC(=O)CSc2nnc(-c3cccs3)n2C)cc1[N+](=O)[O-]. The Morgan fingerprint density at radius 3 is 2.88 bits per heavy atom. The first-order chi connectivity index (χ1) is 12.5. The maximum atomic E-state index is 12.1. The van der Waals surface area contributed by atoms with Crippen molar-refractivity contribution in [2.45, 2.75) is 12.1 Å². The predicted molar refractivity (Wildman–Crippen MR) is 102 cm³/mol. The van der Waals surface area contributed by atoms with Gasteiger partial charge in [-0.05, 0) is 24.4 Å². The number of hydrogen-bond acceptors (Lipinski definition) is 7. The van der Waals surface area contributed by atoms with Gasteiger partial charge in [-0.25, -0.2) is 0 Å². The summed E-state index contributed by atoms with van der Waals surface area (Å²) < 4.78 is 1.83. The number of nitrogens with one attached hydrogen (secondary N) is 1. The summed E-state index contributed by atoms with van der Waals surface area (Å²) in [6, 6.07) is 8.50. The molecule has 2 heterocycles. The number of aromatic nitrogens is 3. The van der Waals surface area contributed by atoms with E-state index in [2.05, 4.69) is 15.5 Å². The topological polar surface area (TPSA) is 103 Å². The summed E-state index contributed by atoms with van der Waals surface area (Å²) in [7, 11) is 1.85. The monoisotopic (exact) mass is 389 g/mol. The molecule has 134 valence electrons. The van der Waals surface area contributed by atoms with E-state index in [1.807, 2.05) is 29.1 Å². The number of nitro benzene ring substituents is 1. The summed E-state index contributed by atoms with van der Waals surface area (Å²) in [4.78, 5) is 23.7. The first-order valence-corrected chi connectivity index (χ1v) is 9.43. The summed E-state index contributed by atoms with van der Waals surface area (Å²) in [5, 5.41) is 24.5. The Balaban J connectivity index is 1.63. The number of carbonyl (C=O) groups excluding carboxylic acids is 1. The standard InChI is InChI=1S/C16H15N5O3S2/c1-10-5-6-11(8-12(10)21(23)24)17-14(22)9-26-16-19-18-15(20(16)2)13-4-3-7-25-13/h3-8H,9H2,1-2H3,(H,17,22). The Morgan fingerprint density at radius 1 is 1.38 bits per heavy atom. The van der Waals surface area contributed by atoms with Gasteiger partial charge in [0.25, 0.3) is 5.69 Å². The number of benzene rings is 1. The number of rotatable bonds is 6. The minimum Gasteiger partial charge on any atom is -0.325 e. The second-order valence-electron chi connectivity index (χ2n) is 5.44. The molecule has 26 heavy (non-hydrogen) atoms. The summed E-state index contributed by atoms with van der Waals surface area (Å²) in [5.41, 5.74) is 0.914. The number of nitro groups is 1. The maximum Gasteiger partial charge on any atom is 0.274 e. The first-order valence-electron chi connectivity index (χ1n) is 7.56. The second-order valence-corrected chi connectivity index (χ2v) is 7.33. The number of nitrogens with zero attached hydrogens (tertiary/aromatic N) is 4. The van der Waals surface area contributed by atoms with E-state index < -0.39 is 4.92 Å². The highest BCUT2D eigenvalue weighted by molar-refractivity contribution is 7.99. The molecule has 0 unspecified atom stereocenters. The molecule has 0 aliphatic heterocycles. The Hall–Kier alpha value is -2.72. The molecule has 0 fully saturated rings. The molecule has 0 spiro atoms. The lowest BCUT2D eigenvalue weighted by Crippen LogP contribution is -2.14. The van der Waals surface area contributed by atoms with Crippen LogP contribution in [-0.4, -0.2) is 31.3 Å². The average molecular weight is 389 g/mol. The fourth-order valence-corrected chi connectivity index (χ4v) is 3.73. The molecule has 0 atom stereocenters. The fraction of sp³-hybridized carbons (Fsp3) is 0.188. The van der Waals surface area contributed by atoms with Crippen molar-refractivity contribution in [1.29, 1.82) is 0 Å². The van der Waals surface area contributed by atoms with Crippen molar-refractivity contribution in [2.75, 3.05) is 11.1 Å². The van der Waals surface area contributed by atoms with Gasteiger partial charge in [-0.2, -0.15) is 0 Å².